The van der Waals surface area contributed by atoms with Crippen LogP contribution >= 0.6 is 0 Å². The van der Waals surface area contributed by atoms with E-state index >= 15 is 0 Å². The molecule has 0 radical (unpaired) electrons. The van der Waals surface area contributed by atoms with Crippen LogP contribution in [0.5, 0.6) is 0 Å². The van der Waals surface area contributed by atoms with E-state index in [1.54, 1.807) is 0 Å². The number of allylic oxidation sites excluding steroid dienone is 1. The number of hydrogen-bond acceptors (Lipinski definition) is 1. The minimum absolute atomic E-state index is 1.05. The Bertz CT molecular complexity index is 177. The van der Waals surface area contributed by atoms with Crippen molar-refractivity contribution in [3.8, 4) is 0 Å². The minimum Gasteiger partial charge on any atom is -0.360 e. The molecule has 2 heteroatoms. The fraction of sp³-hybridized carbons (Fsp3) is 0.750. The van der Waals surface area contributed by atoms with Gasteiger partial charge < -0.3 is 4.90 Å². The largest absolute Gasteiger partial charge is 0.360 e. The molecule has 0 saturated heterocycles. The Balaban J connectivity index is 4.17. The summed E-state index contributed by atoms with van der Waals surface area (Å²) < 4.78 is 0. The van der Waals surface area contributed by atoms with Crippen molar-refractivity contribution in [3.05, 3.63) is 12.3 Å². The van der Waals surface area contributed by atoms with Gasteiger partial charge in [0, 0.05) is 19.3 Å². The molecule has 0 N–H and O–H groups in total. The third kappa shape index (κ3) is 5.79. The highest BCUT2D eigenvalue weighted by molar-refractivity contribution is 5.80. The molecular weight excluding hydrogens is 172 g/mol. The summed E-state index contributed by atoms with van der Waals surface area (Å²) in [6, 6.07) is 0. The maximum Gasteiger partial charge on any atom is 0.101 e. The Kier molecular flexibility index (Phi) is 8.30. The summed E-state index contributed by atoms with van der Waals surface area (Å²) in [6.45, 7) is 10.9. The molecule has 14 heavy (non-hydrogen) atoms. The molecule has 0 bridgehead atoms. The fourth-order valence-corrected chi connectivity index (χ4v) is 1.32. The van der Waals surface area contributed by atoms with Gasteiger partial charge in [0.05, 0.1) is 0 Å². The second-order valence-corrected chi connectivity index (χ2v) is 3.46. The van der Waals surface area contributed by atoms with Crippen LogP contribution in [0.15, 0.2) is 17.3 Å². The van der Waals surface area contributed by atoms with Gasteiger partial charge in [-0.15, -0.1) is 0 Å². The Morgan fingerprint density at radius 2 is 1.71 bits per heavy atom. The van der Waals surface area contributed by atoms with Crippen LogP contribution in [-0.4, -0.2) is 23.8 Å². The summed E-state index contributed by atoms with van der Waals surface area (Å²) in [4.78, 5) is 6.76. The molecule has 0 aliphatic rings. The van der Waals surface area contributed by atoms with E-state index in [9.17, 15) is 0 Å². The van der Waals surface area contributed by atoms with Crippen LogP contribution < -0.4 is 0 Å². The van der Waals surface area contributed by atoms with E-state index in [1.807, 2.05) is 6.20 Å². The first-order chi connectivity index (χ1) is 6.76. The second-order valence-electron chi connectivity index (χ2n) is 3.46. The van der Waals surface area contributed by atoms with Gasteiger partial charge >= 0.3 is 0 Å². The van der Waals surface area contributed by atoms with Gasteiger partial charge in [0.2, 0.25) is 0 Å². The van der Waals surface area contributed by atoms with E-state index in [1.165, 1.54) is 12.8 Å². The van der Waals surface area contributed by atoms with Crippen LogP contribution in [0.3, 0.4) is 0 Å². The van der Waals surface area contributed by atoms with E-state index in [0.29, 0.717) is 0 Å². The molecule has 2 nitrogen and oxygen atoms in total. The topological polar surface area (TPSA) is 15.6 Å². The molecule has 0 atom stereocenters. The van der Waals surface area contributed by atoms with Gasteiger partial charge in [-0.2, -0.15) is 0 Å². The molecule has 0 aliphatic carbocycles. The van der Waals surface area contributed by atoms with E-state index in [2.05, 4.69) is 43.7 Å². The summed E-state index contributed by atoms with van der Waals surface area (Å²) in [6.07, 6.45) is 7.42. The lowest BCUT2D eigenvalue weighted by Gasteiger charge is -2.22. The molecule has 0 fully saturated rings. The van der Waals surface area contributed by atoms with Gasteiger partial charge in [-0.3, -0.25) is 0 Å². The molecule has 0 aliphatic heterocycles. The minimum atomic E-state index is 1.05. The number of hydrogen-bond donors (Lipinski definition) is 0. The molecule has 0 aromatic carbocycles. The Labute approximate surface area is 88.7 Å². The lowest BCUT2D eigenvalue weighted by molar-refractivity contribution is 0.414. The Morgan fingerprint density at radius 1 is 1.14 bits per heavy atom. The van der Waals surface area contributed by atoms with Gasteiger partial charge in [0.15, 0.2) is 0 Å². The van der Waals surface area contributed by atoms with Gasteiger partial charge in [-0.1, -0.05) is 26.8 Å². The van der Waals surface area contributed by atoms with Gasteiger partial charge in [-0.05, 0) is 26.2 Å². The standard InChI is InChI=1S/C12H24N2/c1-5-8-9-13-12(4)14(10-6-2)11-7-3/h8-9H,5-7,10-11H2,1-4H3/b9-8-,13-12?. The van der Waals surface area contributed by atoms with E-state index in [0.717, 1.165) is 25.3 Å². The molecule has 0 aromatic heterocycles. The molecule has 0 rings (SSSR count). The summed E-state index contributed by atoms with van der Waals surface area (Å²) in [5.41, 5.74) is 0. The molecular formula is C12H24N2. The lowest BCUT2D eigenvalue weighted by Crippen LogP contribution is -2.30. The first-order valence-corrected chi connectivity index (χ1v) is 5.70. The highest BCUT2D eigenvalue weighted by Crippen LogP contribution is 1.97. The third-order valence-electron chi connectivity index (χ3n) is 2.05. The van der Waals surface area contributed by atoms with Crippen molar-refractivity contribution in [2.24, 2.45) is 4.99 Å². The van der Waals surface area contributed by atoms with Crippen LogP contribution in [0.4, 0.5) is 0 Å². The molecule has 0 amide bonds. The quantitative estimate of drug-likeness (QED) is 0.469. The van der Waals surface area contributed by atoms with Crippen molar-refractivity contribution in [2.75, 3.05) is 13.1 Å². The highest BCUT2D eigenvalue weighted by Gasteiger charge is 2.02. The first-order valence-electron chi connectivity index (χ1n) is 5.70. The highest BCUT2D eigenvalue weighted by atomic mass is 15.2. The summed E-state index contributed by atoms with van der Waals surface area (Å²) >= 11 is 0. The molecule has 0 unspecified atom stereocenters. The van der Waals surface area contributed by atoms with Crippen LogP contribution in [0.25, 0.3) is 0 Å². The molecule has 0 aromatic rings. The first kappa shape index (κ1) is 13.2. The Morgan fingerprint density at radius 3 is 2.14 bits per heavy atom. The fourth-order valence-electron chi connectivity index (χ4n) is 1.32. The predicted octanol–water partition coefficient (Wildman–Crippen LogP) is 3.45. The molecule has 82 valence electrons. The zero-order valence-electron chi connectivity index (χ0n) is 10.1. The molecule has 0 saturated carbocycles. The predicted molar refractivity (Wildman–Crippen MR) is 64.7 cm³/mol. The zero-order chi connectivity index (χ0) is 10.8. The Hall–Kier alpha value is -0.790. The van der Waals surface area contributed by atoms with Crippen LogP contribution in [0, 0.1) is 0 Å². The van der Waals surface area contributed by atoms with Crippen LogP contribution in [0.1, 0.15) is 47.0 Å². The second kappa shape index (κ2) is 8.79. The van der Waals surface area contributed by atoms with Crippen molar-refractivity contribution in [1.82, 2.24) is 4.90 Å². The van der Waals surface area contributed by atoms with Gasteiger partial charge in [0.25, 0.3) is 0 Å². The van der Waals surface area contributed by atoms with E-state index in [4.69, 9.17) is 0 Å². The normalized spacial score (nSPS) is 12.4. The van der Waals surface area contributed by atoms with E-state index < -0.39 is 0 Å². The average molecular weight is 196 g/mol. The van der Waals surface area contributed by atoms with Gasteiger partial charge in [0.1, 0.15) is 5.84 Å². The SMILES string of the molecule is CC/C=C\N=C(C)N(CCC)CCC. The molecule has 0 heterocycles. The number of aliphatic imine (C=N–C) groups is 1. The molecule has 0 spiro atoms. The van der Waals surface area contributed by atoms with Crippen LogP contribution in [-0.2, 0) is 0 Å². The van der Waals surface area contributed by atoms with Crippen molar-refractivity contribution in [1.29, 1.82) is 0 Å². The summed E-state index contributed by atoms with van der Waals surface area (Å²) in [7, 11) is 0. The maximum atomic E-state index is 4.41. The van der Waals surface area contributed by atoms with Crippen LogP contribution in [0.2, 0.25) is 0 Å². The zero-order valence-corrected chi connectivity index (χ0v) is 10.1. The smallest absolute Gasteiger partial charge is 0.101 e. The number of amidine groups is 1. The van der Waals surface area contributed by atoms with Crippen molar-refractivity contribution in [3.63, 3.8) is 0 Å². The monoisotopic (exact) mass is 196 g/mol. The van der Waals surface area contributed by atoms with Crippen molar-refractivity contribution < 1.29 is 0 Å². The van der Waals surface area contributed by atoms with Gasteiger partial charge in [-0.25, -0.2) is 4.99 Å². The van der Waals surface area contributed by atoms with Crippen molar-refractivity contribution >= 4 is 5.84 Å². The average Bonchev–Trinajstić information content (AvgIpc) is 2.18. The third-order valence-corrected chi connectivity index (χ3v) is 2.05. The summed E-state index contributed by atoms with van der Waals surface area (Å²) in [5.74, 6) is 1.14. The number of rotatable bonds is 6. The van der Waals surface area contributed by atoms with E-state index in [-0.39, 0.29) is 0 Å². The van der Waals surface area contributed by atoms with Crippen molar-refractivity contribution in [2.45, 2.75) is 47.0 Å². The lowest BCUT2D eigenvalue weighted by atomic mass is 10.3. The summed E-state index contributed by atoms with van der Waals surface area (Å²) in [5, 5.41) is 0. The maximum absolute atomic E-state index is 4.41. The number of nitrogens with zero attached hydrogens (tertiary/aromatic N) is 2.